The molecule has 0 saturated carbocycles. The lowest BCUT2D eigenvalue weighted by Gasteiger charge is -2.46. The van der Waals surface area contributed by atoms with Crippen molar-refractivity contribution < 1.29 is 9.59 Å². The van der Waals surface area contributed by atoms with Gasteiger partial charge in [-0.15, -0.1) is 0 Å². The first-order chi connectivity index (χ1) is 9.60. The smallest absolute Gasteiger partial charge is 0.257 e. The molecule has 20 heavy (non-hydrogen) atoms. The highest BCUT2D eigenvalue weighted by molar-refractivity contribution is 5.93. The van der Waals surface area contributed by atoms with E-state index in [1.165, 1.54) is 0 Å². The van der Waals surface area contributed by atoms with Crippen LogP contribution in [0.1, 0.15) is 36.0 Å². The maximum absolute atomic E-state index is 12.2. The highest BCUT2D eigenvalue weighted by Crippen LogP contribution is 2.39. The first kappa shape index (κ1) is 13.1. The number of aromatic nitrogens is 2. The zero-order chi connectivity index (χ0) is 14.2. The quantitative estimate of drug-likeness (QED) is 0.828. The van der Waals surface area contributed by atoms with Crippen LogP contribution < -0.4 is 0 Å². The Kier molecular flexibility index (Phi) is 3.23. The predicted octanol–water partition coefficient (Wildman–Crippen LogP) is 0.884. The van der Waals surface area contributed by atoms with E-state index in [9.17, 15) is 9.59 Å². The molecule has 3 heterocycles. The van der Waals surface area contributed by atoms with Crippen LogP contribution in [0.2, 0.25) is 0 Å². The number of H-pyrrole nitrogens is 1. The second-order valence-corrected chi connectivity index (χ2v) is 6.03. The highest BCUT2D eigenvalue weighted by Gasteiger charge is 2.40. The van der Waals surface area contributed by atoms with Gasteiger partial charge in [0.2, 0.25) is 5.91 Å². The molecule has 2 fully saturated rings. The molecule has 0 unspecified atom stereocenters. The summed E-state index contributed by atoms with van der Waals surface area (Å²) >= 11 is 0. The Morgan fingerprint density at radius 3 is 2.70 bits per heavy atom. The molecule has 0 atom stereocenters. The van der Waals surface area contributed by atoms with E-state index in [1.54, 1.807) is 12.4 Å². The van der Waals surface area contributed by atoms with Crippen LogP contribution in [-0.4, -0.2) is 58.5 Å². The summed E-state index contributed by atoms with van der Waals surface area (Å²) in [6.45, 7) is 2.37. The van der Waals surface area contributed by atoms with Gasteiger partial charge >= 0.3 is 0 Å². The van der Waals surface area contributed by atoms with E-state index < -0.39 is 0 Å². The molecule has 1 N–H and O–H groups in total. The van der Waals surface area contributed by atoms with Gasteiger partial charge in [0.25, 0.3) is 5.91 Å². The minimum atomic E-state index is 0.0499. The second-order valence-electron chi connectivity index (χ2n) is 6.03. The Hall–Kier alpha value is -1.85. The monoisotopic (exact) mass is 276 g/mol. The standard InChI is InChI=1S/C14H20N4O2/c1-17-10-14(3-2-12(17)19)4-6-18(7-5-14)13(20)11-8-15-16-9-11/h8-9H,2-7,10H2,1H3,(H,15,16). The molecule has 0 radical (unpaired) electrons. The van der Waals surface area contributed by atoms with Gasteiger partial charge in [-0.2, -0.15) is 5.10 Å². The van der Waals surface area contributed by atoms with E-state index in [0.29, 0.717) is 12.0 Å². The second kappa shape index (κ2) is 4.92. The van der Waals surface area contributed by atoms with Crippen molar-refractivity contribution in [1.29, 1.82) is 0 Å². The molecule has 3 rings (SSSR count). The minimum Gasteiger partial charge on any atom is -0.345 e. The molecule has 0 aromatic carbocycles. The van der Waals surface area contributed by atoms with Gasteiger partial charge in [0.15, 0.2) is 0 Å². The van der Waals surface area contributed by atoms with Gasteiger partial charge in [-0.25, -0.2) is 0 Å². The average Bonchev–Trinajstić information content (AvgIpc) is 2.98. The minimum absolute atomic E-state index is 0.0499. The number of amides is 2. The van der Waals surface area contributed by atoms with Gasteiger partial charge in [0, 0.05) is 39.3 Å². The van der Waals surface area contributed by atoms with Crippen molar-refractivity contribution in [3.8, 4) is 0 Å². The number of nitrogens with zero attached hydrogens (tertiary/aromatic N) is 3. The summed E-state index contributed by atoms with van der Waals surface area (Å²) in [6.07, 6.45) is 6.78. The first-order valence-electron chi connectivity index (χ1n) is 7.12. The molecule has 2 aliphatic heterocycles. The molecule has 108 valence electrons. The summed E-state index contributed by atoms with van der Waals surface area (Å²) in [5.41, 5.74) is 0.840. The number of hydrogen-bond donors (Lipinski definition) is 1. The molecule has 2 saturated heterocycles. The number of carbonyl (C=O) groups is 2. The Balaban J connectivity index is 1.62. The van der Waals surface area contributed by atoms with E-state index in [0.717, 1.165) is 38.9 Å². The van der Waals surface area contributed by atoms with Gasteiger partial charge in [0.1, 0.15) is 0 Å². The van der Waals surface area contributed by atoms with Crippen LogP contribution in [0.3, 0.4) is 0 Å². The summed E-state index contributed by atoms with van der Waals surface area (Å²) < 4.78 is 0. The third-order valence-corrected chi connectivity index (χ3v) is 4.72. The van der Waals surface area contributed by atoms with E-state index in [-0.39, 0.29) is 17.2 Å². The van der Waals surface area contributed by atoms with E-state index >= 15 is 0 Å². The van der Waals surface area contributed by atoms with Gasteiger partial charge in [-0.1, -0.05) is 0 Å². The van der Waals surface area contributed by atoms with Gasteiger partial charge in [0.05, 0.1) is 11.8 Å². The summed E-state index contributed by atoms with van der Waals surface area (Å²) in [4.78, 5) is 27.6. The summed E-state index contributed by atoms with van der Waals surface area (Å²) in [6, 6.07) is 0. The van der Waals surface area contributed by atoms with Crippen LogP contribution in [-0.2, 0) is 4.79 Å². The molecule has 2 aliphatic rings. The Labute approximate surface area is 118 Å². The van der Waals surface area contributed by atoms with Crippen LogP contribution in [0.15, 0.2) is 12.4 Å². The summed E-state index contributed by atoms with van der Waals surface area (Å²) in [5, 5.41) is 6.50. The predicted molar refractivity (Wildman–Crippen MR) is 73.0 cm³/mol. The zero-order valence-corrected chi connectivity index (χ0v) is 11.8. The fourth-order valence-corrected chi connectivity index (χ4v) is 3.38. The normalized spacial score (nSPS) is 22.4. The summed E-state index contributed by atoms with van der Waals surface area (Å²) in [7, 11) is 1.88. The molecule has 2 amide bonds. The van der Waals surface area contributed by atoms with Crippen molar-refractivity contribution in [2.24, 2.45) is 5.41 Å². The van der Waals surface area contributed by atoms with Gasteiger partial charge in [-0.3, -0.25) is 14.7 Å². The molecular weight excluding hydrogens is 256 g/mol. The van der Waals surface area contributed by atoms with Gasteiger partial charge in [-0.05, 0) is 24.7 Å². The fraction of sp³-hybridized carbons (Fsp3) is 0.643. The number of hydrogen-bond acceptors (Lipinski definition) is 3. The number of aromatic amines is 1. The van der Waals surface area contributed by atoms with E-state index in [2.05, 4.69) is 10.2 Å². The Morgan fingerprint density at radius 2 is 2.10 bits per heavy atom. The van der Waals surface area contributed by atoms with Crippen molar-refractivity contribution in [2.75, 3.05) is 26.7 Å². The van der Waals surface area contributed by atoms with E-state index in [1.807, 2.05) is 16.8 Å². The first-order valence-corrected chi connectivity index (χ1v) is 7.12. The number of nitrogens with one attached hydrogen (secondary N) is 1. The molecule has 6 nitrogen and oxygen atoms in total. The lowest BCUT2D eigenvalue weighted by atomic mass is 9.72. The number of rotatable bonds is 1. The third-order valence-electron chi connectivity index (χ3n) is 4.72. The fourth-order valence-electron chi connectivity index (χ4n) is 3.38. The van der Waals surface area contributed by atoms with Crippen LogP contribution in [0.25, 0.3) is 0 Å². The van der Waals surface area contributed by atoms with Crippen molar-refractivity contribution in [1.82, 2.24) is 20.0 Å². The molecular formula is C14H20N4O2. The van der Waals surface area contributed by atoms with Gasteiger partial charge < -0.3 is 9.80 Å². The molecule has 6 heteroatoms. The third kappa shape index (κ3) is 2.30. The van der Waals surface area contributed by atoms with Crippen LogP contribution >= 0.6 is 0 Å². The lowest BCUT2D eigenvalue weighted by molar-refractivity contribution is -0.137. The number of likely N-dealkylation sites (tertiary alicyclic amines) is 2. The SMILES string of the molecule is CN1CC2(CCC1=O)CCN(C(=O)c1cn[nH]c1)CC2. The van der Waals surface area contributed by atoms with Crippen LogP contribution in [0.5, 0.6) is 0 Å². The summed E-state index contributed by atoms with van der Waals surface area (Å²) in [5.74, 6) is 0.293. The topological polar surface area (TPSA) is 69.3 Å². The number of carbonyl (C=O) groups excluding carboxylic acids is 2. The Morgan fingerprint density at radius 1 is 1.35 bits per heavy atom. The number of piperidine rings is 2. The van der Waals surface area contributed by atoms with Crippen molar-refractivity contribution in [3.05, 3.63) is 18.0 Å². The average molecular weight is 276 g/mol. The molecule has 0 aliphatic carbocycles. The van der Waals surface area contributed by atoms with Crippen LogP contribution in [0.4, 0.5) is 0 Å². The van der Waals surface area contributed by atoms with Crippen molar-refractivity contribution >= 4 is 11.8 Å². The Bertz CT molecular complexity index is 503. The maximum atomic E-state index is 12.2. The zero-order valence-electron chi connectivity index (χ0n) is 11.8. The largest absolute Gasteiger partial charge is 0.345 e. The van der Waals surface area contributed by atoms with Crippen molar-refractivity contribution in [3.63, 3.8) is 0 Å². The van der Waals surface area contributed by atoms with Crippen LogP contribution in [0, 0.1) is 5.41 Å². The molecule has 0 bridgehead atoms. The van der Waals surface area contributed by atoms with E-state index in [4.69, 9.17) is 0 Å². The van der Waals surface area contributed by atoms with Crippen molar-refractivity contribution in [2.45, 2.75) is 25.7 Å². The maximum Gasteiger partial charge on any atom is 0.257 e. The highest BCUT2D eigenvalue weighted by atomic mass is 16.2. The molecule has 1 aromatic heterocycles. The lowest BCUT2D eigenvalue weighted by Crippen LogP contribution is -2.51. The molecule has 1 spiro atoms. The molecule has 1 aromatic rings.